The third-order valence-corrected chi connectivity index (χ3v) is 3.28. The molecular formula is C15H12F3N2+. The van der Waals surface area contributed by atoms with E-state index in [0.717, 1.165) is 0 Å². The fourth-order valence-corrected chi connectivity index (χ4v) is 2.47. The van der Waals surface area contributed by atoms with Gasteiger partial charge in [0.25, 0.3) is 0 Å². The van der Waals surface area contributed by atoms with Crippen LogP contribution in [-0.2, 0) is 13.2 Å². The third kappa shape index (κ3) is 1.86. The zero-order valence-corrected chi connectivity index (χ0v) is 10.7. The Labute approximate surface area is 113 Å². The minimum absolute atomic E-state index is 0.497. The minimum atomic E-state index is -4.43. The van der Waals surface area contributed by atoms with Gasteiger partial charge in [0, 0.05) is 0 Å². The van der Waals surface area contributed by atoms with Crippen LogP contribution in [0.15, 0.2) is 54.6 Å². The Kier molecular flexibility index (Phi) is 2.78. The van der Waals surface area contributed by atoms with Crippen LogP contribution in [0.4, 0.5) is 13.2 Å². The highest BCUT2D eigenvalue weighted by atomic mass is 19.4. The summed E-state index contributed by atoms with van der Waals surface area (Å²) in [7, 11) is 1.44. The van der Waals surface area contributed by atoms with Crippen LogP contribution in [0.5, 0.6) is 0 Å². The normalized spacial score (nSPS) is 12.0. The highest BCUT2D eigenvalue weighted by Crippen LogP contribution is 2.30. The molecule has 0 aliphatic heterocycles. The Balaban J connectivity index is 2.46. The number of aromatic nitrogens is 2. The lowest BCUT2D eigenvalue weighted by Gasteiger charge is -2.05. The average molecular weight is 277 g/mol. The molecule has 0 bridgehead atoms. The molecular weight excluding hydrogens is 265 g/mol. The molecule has 0 amide bonds. The second kappa shape index (κ2) is 4.37. The number of hydrogen-bond donors (Lipinski definition) is 0. The predicted molar refractivity (Wildman–Crippen MR) is 69.5 cm³/mol. The molecule has 2 aromatic carbocycles. The van der Waals surface area contributed by atoms with Crippen LogP contribution >= 0.6 is 0 Å². The van der Waals surface area contributed by atoms with Crippen LogP contribution in [0.2, 0.25) is 0 Å². The molecule has 20 heavy (non-hydrogen) atoms. The molecule has 0 N–H and O–H groups in total. The fraction of sp³-hybridized carbons (Fsp3) is 0.133. The number of halogens is 3. The second-order valence-corrected chi connectivity index (χ2v) is 4.54. The third-order valence-electron chi connectivity index (χ3n) is 3.28. The number of para-hydroxylation sites is 3. The van der Waals surface area contributed by atoms with Gasteiger partial charge >= 0.3 is 12.0 Å². The first-order valence-electron chi connectivity index (χ1n) is 6.12. The second-order valence-electron chi connectivity index (χ2n) is 4.54. The fourth-order valence-electron chi connectivity index (χ4n) is 2.47. The molecule has 1 aromatic heterocycles. The maximum atomic E-state index is 13.4. The van der Waals surface area contributed by atoms with Gasteiger partial charge in [-0.1, -0.05) is 30.3 Å². The van der Waals surface area contributed by atoms with Crippen molar-refractivity contribution in [3.05, 3.63) is 60.4 Å². The molecule has 0 aliphatic rings. The van der Waals surface area contributed by atoms with Crippen molar-refractivity contribution in [1.82, 2.24) is 4.57 Å². The van der Waals surface area contributed by atoms with Gasteiger partial charge in [-0.25, -0.2) is 4.57 Å². The van der Waals surface area contributed by atoms with E-state index in [9.17, 15) is 13.2 Å². The minimum Gasteiger partial charge on any atom is -0.221 e. The van der Waals surface area contributed by atoms with Gasteiger partial charge in [0.15, 0.2) is 11.0 Å². The number of rotatable bonds is 1. The molecule has 0 spiro atoms. The van der Waals surface area contributed by atoms with Crippen LogP contribution in [0, 0.1) is 0 Å². The van der Waals surface area contributed by atoms with Crippen LogP contribution in [0.1, 0.15) is 5.82 Å². The van der Waals surface area contributed by atoms with E-state index in [1.165, 1.54) is 16.2 Å². The van der Waals surface area contributed by atoms with E-state index >= 15 is 0 Å². The van der Waals surface area contributed by atoms with Gasteiger partial charge < -0.3 is 0 Å². The van der Waals surface area contributed by atoms with E-state index in [1.54, 1.807) is 54.6 Å². The van der Waals surface area contributed by atoms with E-state index < -0.39 is 12.0 Å². The van der Waals surface area contributed by atoms with Gasteiger partial charge in [0.05, 0.1) is 7.05 Å². The van der Waals surface area contributed by atoms with E-state index in [2.05, 4.69) is 0 Å². The summed E-state index contributed by atoms with van der Waals surface area (Å²) >= 11 is 0. The first-order valence-corrected chi connectivity index (χ1v) is 6.12. The summed E-state index contributed by atoms with van der Waals surface area (Å²) in [6.07, 6.45) is -4.43. The molecule has 0 aliphatic carbocycles. The number of fused-ring (bicyclic) bond motifs is 1. The lowest BCUT2D eigenvalue weighted by atomic mass is 10.3. The van der Waals surface area contributed by atoms with Gasteiger partial charge in [-0.05, 0) is 24.3 Å². The largest absolute Gasteiger partial charge is 0.495 e. The van der Waals surface area contributed by atoms with Crippen LogP contribution in [-0.4, -0.2) is 4.57 Å². The zero-order chi connectivity index (χ0) is 14.3. The Morgan fingerprint density at radius 1 is 0.900 bits per heavy atom. The molecule has 0 saturated heterocycles. The molecule has 102 valence electrons. The van der Waals surface area contributed by atoms with Crippen molar-refractivity contribution in [2.45, 2.75) is 6.18 Å². The predicted octanol–water partition coefficient (Wildman–Crippen LogP) is 3.47. The molecule has 1 heterocycles. The maximum absolute atomic E-state index is 13.4. The number of imidazole rings is 1. The summed E-state index contributed by atoms with van der Waals surface area (Å²) in [5.41, 5.74) is 1.58. The van der Waals surface area contributed by atoms with E-state index in [0.29, 0.717) is 16.7 Å². The summed E-state index contributed by atoms with van der Waals surface area (Å²) in [5, 5.41) is 0. The molecule has 5 heteroatoms. The number of nitrogens with zero attached hydrogens (tertiary/aromatic N) is 2. The topological polar surface area (TPSA) is 8.81 Å². The molecule has 0 unspecified atom stereocenters. The molecule has 3 rings (SSSR count). The van der Waals surface area contributed by atoms with Crippen molar-refractivity contribution in [2.75, 3.05) is 0 Å². The van der Waals surface area contributed by atoms with Crippen LogP contribution in [0.3, 0.4) is 0 Å². The highest BCUT2D eigenvalue weighted by Gasteiger charge is 2.46. The van der Waals surface area contributed by atoms with Gasteiger partial charge in [0.1, 0.15) is 5.69 Å². The first-order chi connectivity index (χ1) is 9.50. The lowest BCUT2D eigenvalue weighted by Crippen LogP contribution is -2.39. The van der Waals surface area contributed by atoms with Crippen molar-refractivity contribution in [3.8, 4) is 5.69 Å². The van der Waals surface area contributed by atoms with Crippen molar-refractivity contribution in [2.24, 2.45) is 7.05 Å². The SMILES string of the molecule is Cn1c(C(F)(F)F)[n+](-c2ccccc2)c2ccccc21. The Morgan fingerprint density at radius 3 is 2.15 bits per heavy atom. The van der Waals surface area contributed by atoms with Crippen LogP contribution in [0.25, 0.3) is 16.7 Å². The van der Waals surface area contributed by atoms with Crippen molar-refractivity contribution in [3.63, 3.8) is 0 Å². The molecule has 3 aromatic rings. The number of hydrogen-bond acceptors (Lipinski definition) is 0. The van der Waals surface area contributed by atoms with Gasteiger partial charge in [-0.2, -0.15) is 17.7 Å². The summed E-state index contributed by atoms with van der Waals surface area (Å²) in [6.45, 7) is 0. The first kappa shape index (κ1) is 12.7. The molecule has 0 saturated carbocycles. The Morgan fingerprint density at radius 2 is 1.50 bits per heavy atom. The maximum Gasteiger partial charge on any atom is 0.495 e. The van der Waals surface area contributed by atoms with Crippen LogP contribution < -0.4 is 4.57 Å². The summed E-state index contributed by atoms with van der Waals surface area (Å²) in [4.78, 5) is 0. The average Bonchev–Trinajstić information content (AvgIpc) is 2.74. The summed E-state index contributed by atoms with van der Waals surface area (Å²) in [5.74, 6) is -0.690. The monoisotopic (exact) mass is 277 g/mol. The lowest BCUT2D eigenvalue weighted by molar-refractivity contribution is -0.595. The summed E-state index contributed by atoms with van der Waals surface area (Å²) in [6, 6.07) is 15.4. The van der Waals surface area contributed by atoms with Gasteiger partial charge in [-0.15, -0.1) is 0 Å². The number of benzene rings is 2. The van der Waals surface area contributed by atoms with Crippen molar-refractivity contribution < 1.29 is 17.7 Å². The molecule has 0 fully saturated rings. The standard InChI is InChI=1S/C15H12F3N2/c1-19-12-9-5-6-10-13(12)20(14(19)15(16,17)18)11-7-3-2-4-8-11/h2-10H,1H3/q+1. The highest BCUT2D eigenvalue weighted by molar-refractivity contribution is 5.73. The van der Waals surface area contributed by atoms with E-state index in [1.807, 2.05) is 0 Å². The van der Waals surface area contributed by atoms with Gasteiger partial charge in [0.2, 0.25) is 0 Å². The summed E-state index contributed by atoms with van der Waals surface area (Å²) < 4.78 is 42.6. The number of aryl methyl sites for hydroxylation is 1. The molecule has 0 radical (unpaired) electrons. The Hall–Kier alpha value is -2.30. The van der Waals surface area contributed by atoms with Crippen molar-refractivity contribution >= 4 is 11.0 Å². The molecule has 2 nitrogen and oxygen atoms in total. The number of alkyl halides is 3. The smallest absolute Gasteiger partial charge is 0.221 e. The Bertz CT molecular complexity index is 758. The quantitative estimate of drug-likeness (QED) is 0.602. The zero-order valence-electron chi connectivity index (χ0n) is 10.7. The van der Waals surface area contributed by atoms with E-state index in [4.69, 9.17) is 0 Å². The van der Waals surface area contributed by atoms with Crippen molar-refractivity contribution in [1.29, 1.82) is 0 Å². The van der Waals surface area contributed by atoms with Gasteiger partial charge in [-0.3, -0.25) is 0 Å². The molecule has 0 atom stereocenters. The van der Waals surface area contributed by atoms with E-state index in [-0.39, 0.29) is 0 Å².